The van der Waals surface area contributed by atoms with Gasteiger partial charge in [0.1, 0.15) is 0 Å². The molecule has 0 aromatic carbocycles. The predicted molar refractivity (Wildman–Crippen MR) is 114 cm³/mol. The number of hydrogen-bond donors (Lipinski definition) is 2. The Kier molecular flexibility index (Phi) is 7.38. The first-order valence-corrected chi connectivity index (χ1v) is 12.2. The van der Waals surface area contributed by atoms with Gasteiger partial charge in [0.05, 0.1) is 5.69 Å². The third-order valence-corrected chi connectivity index (χ3v) is 8.60. The number of carbonyl (C=O) groups excluding carboxylic acids is 1. The van der Waals surface area contributed by atoms with Crippen LogP contribution in [0.15, 0.2) is 11.1 Å². The topological polar surface area (TPSA) is 125 Å². The fraction of sp³-hybridized carbons (Fsp3) is 0.750. The van der Waals surface area contributed by atoms with Gasteiger partial charge in [-0.3, -0.25) is 19.2 Å². The molecule has 31 heavy (non-hydrogen) atoms. The van der Waals surface area contributed by atoms with Gasteiger partial charge in [-0.05, 0) is 50.6 Å². The molecule has 3 aliphatic rings. The van der Waals surface area contributed by atoms with Crippen molar-refractivity contribution in [2.45, 2.75) is 56.6 Å². The second-order valence-electron chi connectivity index (χ2n) is 8.74. The summed E-state index contributed by atoms with van der Waals surface area (Å²) in [5.74, 6) is 0.571. The van der Waals surface area contributed by atoms with Crippen molar-refractivity contribution in [1.82, 2.24) is 24.3 Å². The maximum absolute atomic E-state index is 13.4. The summed E-state index contributed by atoms with van der Waals surface area (Å²) in [6.07, 6.45) is 4.54. The Morgan fingerprint density at radius 1 is 1.32 bits per heavy atom. The molecule has 0 saturated carbocycles. The van der Waals surface area contributed by atoms with Crippen LogP contribution in [-0.4, -0.2) is 83.2 Å². The van der Waals surface area contributed by atoms with E-state index < -0.39 is 10.0 Å². The van der Waals surface area contributed by atoms with E-state index in [1.807, 2.05) is 6.92 Å². The van der Waals surface area contributed by atoms with Crippen molar-refractivity contribution in [2.24, 2.45) is 18.9 Å². The molecule has 2 N–H and O–H groups in total. The van der Waals surface area contributed by atoms with Gasteiger partial charge in [0.2, 0.25) is 5.91 Å². The van der Waals surface area contributed by atoms with Crippen molar-refractivity contribution in [1.29, 1.82) is 0 Å². The van der Waals surface area contributed by atoms with Gasteiger partial charge < -0.3 is 10.4 Å². The molecule has 1 aromatic heterocycles. The standard InChI is InChI=1S/C19H31N5O3S.CH2O2/c1-13-8-19(22(3)21-13)28(26,27)23-11-15-9-16(12-23)18(10-20-14(2)25)24-7-5-4-6-17(15)24;2-1-3/h8,15-18H,4-7,9-12H2,1-3H3,(H,20,25);1H,(H,2,3)/t15-,16+,17+,18+;/m1./s1. The number of sulfonamides is 1. The molecule has 4 rings (SSSR count). The summed E-state index contributed by atoms with van der Waals surface area (Å²) in [4.78, 5) is 22.4. The maximum Gasteiger partial charge on any atom is 0.290 e. The molecule has 11 heteroatoms. The molecule has 4 atom stereocenters. The zero-order chi connectivity index (χ0) is 22.8. The van der Waals surface area contributed by atoms with E-state index in [0.29, 0.717) is 37.3 Å². The molecule has 0 aliphatic carbocycles. The number of aromatic nitrogens is 2. The van der Waals surface area contributed by atoms with Crippen LogP contribution in [0.4, 0.5) is 0 Å². The Hall–Kier alpha value is -1.98. The minimum atomic E-state index is -3.58. The van der Waals surface area contributed by atoms with Crippen LogP contribution in [-0.2, 0) is 26.7 Å². The third kappa shape index (κ3) is 4.93. The Morgan fingerprint density at radius 2 is 2.00 bits per heavy atom. The second-order valence-corrected chi connectivity index (χ2v) is 10.6. The second kappa shape index (κ2) is 9.66. The SMILES string of the molecule is CC(=O)NC[C@H]1[C@H]2C[C@H](CN(S(=O)(=O)c3cc(C)nn3C)C2)[C@@H]2CCCCN21.O=CO. The van der Waals surface area contributed by atoms with E-state index in [1.54, 1.807) is 24.3 Å². The van der Waals surface area contributed by atoms with Gasteiger partial charge in [-0.2, -0.15) is 9.40 Å². The van der Waals surface area contributed by atoms with E-state index in [-0.39, 0.29) is 29.4 Å². The number of carbonyl (C=O) groups is 2. The number of fused-ring (bicyclic) bond motifs is 4. The summed E-state index contributed by atoms with van der Waals surface area (Å²) in [6.45, 7) is 5.85. The van der Waals surface area contributed by atoms with Crippen LogP contribution < -0.4 is 5.32 Å². The van der Waals surface area contributed by atoms with E-state index in [2.05, 4.69) is 15.3 Å². The molecule has 3 fully saturated rings. The minimum Gasteiger partial charge on any atom is -0.483 e. The molecule has 174 valence electrons. The average Bonchev–Trinajstić information content (AvgIpc) is 3.07. The van der Waals surface area contributed by atoms with Crippen LogP contribution in [0.5, 0.6) is 0 Å². The molecule has 4 heterocycles. The first-order valence-electron chi connectivity index (χ1n) is 10.8. The monoisotopic (exact) mass is 455 g/mol. The van der Waals surface area contributed by atoms with Crippen LogP contribution in [0.3, 0.4) is 0 Å². The average molecular weight is 456 g/mol. The van der Waals surface area contributed by atoms with Gasteiger partial charge in [-0.15, -0.1) is 0 Å². The summed E-state index contributed by atoms with van der Waals surface area (Å²) in [6, 6.07) is 2.27. The molecule has 2 bridgehead atoms. The lowest BCUT2D eigenvalue weighted by molar-refractivity contribution is -0.123. The lowest BCUT2D eigenvalue weighted by Crippen LogP contribution is -2.66. The fourth-order valence-electron chi connectivity index (χ4n) is 5.55. The molecular weight excluding hydrogens is 422 g/mol. The smallest absolute Gasteiger partial charge is 0.290 e. The Morgan fingerprint density at radius 3 is 2.61 bits per heavy atom. The van der Waals surface area contributed by atoms with Crippen molar-refractivity contribution in [2.75, 3.05) is 26.2 Å². The predicted octanol–water partition coefficient (Wildman–Crippen LogP) is 0.429. The molecule has 3 aliphatic heterocycles. The molecular formula is C20H33N5O5S. The minimum absolute atomic E-state index is 0.0265. The largest absolute Gasteiger partial charge is 0.483 e. The normalized spacial score (nSPS) is 28.7. The number of hydrogen-bond acceptors (Lipinski definition) is 6. The van der Waals surface area contributed by atoms with Crippen LogP contribution >= 0.6 is 0 Å². The van der Waals surface area contributed by atoms with Crippen LogP contribution in [0.25, 0.3) is 0 Å². The van der Waals surface area contributed by atoms with Crippen LogP contribution in [0, 0.1) is 18.8 Å². The van der Waals surface area contributed by atoms with E-state index in [0.717, 1.165) is 19.4 Å². The van der Waals surface area contributed by atoms with Crippen molar-refractivity contribution in [3.05, 3.63) is 11.8 Å². The molecule has 3 saturated heterocycles. The number of nitrogens with one attached hydrogen (secondary N) is 1. The van der Waals surface area contributed by atoms with Crippen molar-refractivity contribution in [3.63, 3.8) is 0 Å². The first-order chi connectivity index (χ1) is 14.7. The quantitative estimate of drug-likeness (QED) is 0.631. The van der Waals surface area contributed by atoms with E-state index in [4.69, 9.17) is 9.90 Å². The summed E-state index contributed by atoms with van der Waals surface area (Å²) < 4.78 is 29.9. The first kappa shape index (κ1) is 23.7. The number of carboxylic acid groups (broad SMARTS) is 1. The Bertz CT molecular complexity index is 902. The number of rotatable bonds is 4. The van der Waals surface area contributed by atoms with Gasteiger partial charge in [-0.1, -0.05) is 6.42 Å². The lowest BCUT2D eigenvalue weighted by atomic mass is 9.73. The molecule has 10 nitrogen and oxygen atoms in total. The van der Waals surface area contributed by atoms with Gasteiger partial charge in [0.25, 0.3) is 16.5 Å². The number of piperidine rings is 3. The zero-order valence-corrected chi connectivity index (χ0v) is 19.2. The van der Waals surface area contributed by atoms with E-state index in [9.17, 15) is 13.2 Å². The van der Waals surface area contributed by atoms with Gasteiger partial charge >= 0.3 is 0 Å². The van der Waals surface area contributed by atoms with Crippen molar-refractivity contribution >= 4 is 22.4 Å². The van der Waals surface area contributed by atoms with E-state index in [1.165, 1.54) is 17.5 Å². The zero-order valence-electron chi connectivity index (χ0n) is 18.4. The Balaban J connectivity index is 0.000000858. The lowest BCUT2D eigenvalue weighted by Gasteiger charge is -2.56. The highest BCUT2D eigenvalue weighted by Crippen LogP contribution is 2.42. The Labute approximate surface area is 183 Å². The molecule has 0 spiro atoms. The molecule has 0 unspecified atom stereocenters. The summed E-state index contributed by atoms with van der Waals surface area (Å²) in [5, 5.41) is 14.4. The van der Waals surface area contributed by atoms with Gasteiger partial charge in [0, 0.05) is 45.7 Å². The van der Waals surface area contributed by atoms with Crippen LogP contribution in [0.2, 0.25) is 0 Å². The highest BCUT2D eigenvalue weighted by atomic mass is 32.2. The summed E-state index contributed by atoms with van der Waals surface area (Å²) in [5.41, 5.74) is 0.709. The van der Waals surface area contributed by atoms with E-state index >= 15 is 0 Å². The highest BCUT2D eigenvalue weighted by Gasteiger charge is 2.49. The molecule has 1 amide bonds. The maximum atomic E-state index is 13.4. The van der Waals surface area contributed by atoms with Gasteiger partial charge in [0.15, 0.2) is 5.03 Å². The van der Waals surface area contributed by atoms with Crippen molar-refractivity contribution < 1.29 is 23.1 Å². The highest BCUT2D eigenvalue weighted by molar-refractivity contribution is 7.89. The summed E-state index contributed by atoms with van der Waals surface area (Å²) >= 11 is 0. The molecule has 0 radical (unpaired) electrons. The number of aryl methyl sites for hydroxylation is 2. The fourth-order valence-corrected chi connectivity index (χ4v) is 7.28. The third-order valence-electron chi connectivity index (χ3n) is 6.71. The summed E-state index contributed by atoms with van der Waals surface area (Å²) in [7, 11) is -1.89. The van der Waals surface area contributed by atoms with Gasteiger partial charge in [-0.25, -0.2) is 8.42 Å². The van der Waals surface area contributed by atoms with Crippen molar-refractivity contribution in [3.8, 4) is 0 Å². The number of amides is 1. The number of nitrogens with zero attached hydrogens (tertiary/aromatic N) is 4. The van der Waals surface area contributed by atoms with Crippen LogP contribution in [0.1, 0.15) is 38.3 Å². The molecule has 1 aromatic rings.